The predicted molar refractivity (Wildman–Crippen MR) is 64.1 cm³/mol. The number of rotatable bonds is 1. The smallest absolute Gasteiger partial charge is 0.194 e. The van der Waals surface area contributed by atoms with Gasteiger partial charge in [0, 0.05) is 6.54 Å². The third-order valence-corrected chi connectivity index (χ3v) is 3.69. The molecule has 0 spiro atoms. The van der Waals surface area contributed by atoms with Gasteiger partial charge in [0.05, 0.1) is 25.3 Å². The minimum atomic E-state index is -1.42. The van der Waals surface area contributed by atoms with E-state index in [4.69, 9.17) is 4.74 Å². The van der Waals surface area contributed by atoms with Crippen molar-refractivity contribution in [3.05, 3.63) is 47.3 Å². The first-order valence-corrected chi connectivity index (χ1v) is 6.31. The van der Waals surface area contributed by atoms with Crippen LogP contribution in [-0.4, -0.2) is 30.7 Å². The Morgan fingerprint density at radius 1 is 1.11 bits per heavy atom. The van der Waals surface area contributed by atoms with Gasteiger partial charge in [-0.25, -0.2) is 13.2 Å². The minimum absolute atomic E-state index is 0.128. The summed E-state index contributed by atoms with van der Waals surface area (Å²) >= 11 is 0. The highest BCUT2D eigenvalue weighted by Gasteiger charge is 2.32. The number of ether oxygens (including phenoxy) is 1. The van der Waals surface area contributed by atoms with E-state index in [1.807, 2.05) is 6.08 Å². The van der Waals surface area contributed by atoms with Crippen LogP contribution < -0.4 is 0 Å². The molecule has 2 nitrogen and oxygen atoms in total. The Hall–Kier alpha value is -1.33. The first kappa shape index (κ1) is 12.7. The van der Waals surface area contributed by atoms with Gasteiger partial charge < -0.3 is 4.74 Å². The molecule has 0 radical (unpaired) electrons. The second-order valence-corrected chi connectivity index (χ2v) is 4.87. The van der Waals surface area contributed by atoms with Gasteiger partial charge in [-0.1, -0.05) is 12.2 Å². The van der Waals surface area contributed by atoms with Crippen molar-refractivity contribution in [1.29, 1.82) is 0 Å². The lowest BCUT2D eigenvalue weighted by Crippen LogP contribution is -2.48. The average molecular weight is 269 g/mol. The van der Waals surface area contributed by atoms with E-state index in [0.29, 0.717) is 18.8 Å². The van der Waals surface area contributed by atoms with Crippen LogP contribution in [0, 0.1) is 17.5 Å². The van der Waals surface area contributed by atoms with Crippen molar-refractivity contribution in [2.75, 3.05) is 19.8 Å². The largest absolute Gasteiger partial charge is 0.378 e. The lowest BCUT2D eigenvalue weighted by molar-refractivity contribution is -0.0371. The minimum Gasteiger partial charge on any atom is -0.378 e. The Morgan fingerprint density at radius 3 is 2.58 bits per heavy atom. The highest BCUT2D eigenvalue weighted by molar-refractivity contribution is 5.24. The van der Waals surface area contributed by atoms with E-state index in [1.54, 1.807) is 0 Å². The van der Waals surface area contributed by atoms with Crippen LogP contribution in [0.4, 0.5) is 13.2 Å². The van der Waals surface area contributed by atoms with Gasteiger partial charge in [0.25, 0.3) is 0 Å². The van der Waals surface area contributed by atoms with Gasteiger partial charge >= 0.3 is 0 Å². The number of benzene rings is 1. The summed E-state index contributed by atoms with van der Waals surface area (Å²) in [4.78, 5) is 2.15. The van der Waals surface area contributed by atoms with Crippen LogP contribution in [0.15, 0.2) is 24.3 Å². The number of fused-ring (bicyclic) bond motifs is 1. The molecular formula is C14H14F3NO. The quantitative estimate of drug-likeness (QED) is 0.574. The Kier molecular flexibility index (Phi) is 3.33. The van der Waals surface area contributed by atoms with Gasteiger partial charge in [-0.2, -0.15) is 0 Å². The zero-order chi connectivity index (χ0) is 13.4. The maximum Gasteiger partial charge on any atom is 0.194 e. The zero-order valence-electron chi connectivity index (χ0n) is 10.3. The maximum atomic E-state index is 13.3. The van der Waals surface area contributed by atoms with Gasteiger partial charge in [0.2, 0.25) is 0 Å². The highest BCUT2D eigenvalue weighted by atomic mass is 19.2. The molecule has 2 heterocycles. The second kappa shape index (κ2) is 4.98. The van der Waals surface area contributed by atoms with Gasteiger partial charge in [-0.3, -0.25) is 4.90 Å². The van der Waals surface area contributed by atoms with E-state index in [0.717, 1.165) is 25.1 Å². The fourth-order valence-electron chi connectivity index (χ4n) is 2.74. The third-order valence-electron chi connectivity index (χ3n) is 3.69. The monoisotopic (exact) mass is 269 g/mol. The molecular weight excluding hydrogens is 255 g/mol. The molecule has 1 saturated heterocycles. The normalized spacial score (nSPS) is 27.3. The number of morpholine rings is 1. The first-order chi connectivity index (χ1) is 9.16. The van der Waals surface area contributed by atoms with Crippen LogP contribution in [0.1, 0.15) is 18.0 Å². The summed E-state index contributed by atoms with van der Waals surface area (Å²) in [6, 6.07) is 2.03. The van der Waals surface area contributed by atoms with Crippen molar-refractivity contribution in [3.8, 4) is 0 Å². The van der Waals surface area contributed by atoms with Crippen LogP contribution in [0.5, 0.6) is 0 Å². The SMILES string of the molecule is Fc1cc([C@@H]2COC[C@@H]3C=CCCN32)cc(F)c1F. The average Bonchev–Trinajstić information content (AvgIpc) is 2.43. The van der Waals surface area contributed by atoms with E-state index in [-0.39, 0.29) is 12.1 Å². The van der Waals surface area contributed by atoms with Gasteiger partial charge in [-0.15, -0.1) is 0 Å². The molecule has 0 aromatic heterocycles. The summed E-state index contributed by atoms with van der Waals surface area (Å²) in [5.41, 5.74) is 0.427. The molecule has 2 aliphatic heterocycles. The first-order valence-electron chi connectivity index (χ1n) is 6.31. The number of hydrogen-bond donors (Lipinski definition) is 0. The fraction of sp³-hybridized carbons (Fsp3) is 0.429. The molecule has 19 heavy (non-hydrogen) atoms. The predicted octanol–water partition coefficient (Wildman–Crippen LogP) is 2.81. The summed E-state index contributed by atoms with van der Waals surface area (Å²) in [7, 11) is 0. The van der Waals surface area contributed by atoms with Crippen LogP contribution >= 0.6 is 0 Å². The van der Waals surface area contributed by atoms with Crippen molar-refractivity contribution in [2.24, 2.45) is 0 Å². The molecule has 0 amide bonds. The molecule has 0 bridgehead atoms. The molecule has 0 saturated carbocycles. The number of halogens is 3. The molecule has 0 unspecified atom stereocenters. The second-order valence-electron chi connectivity index (χ2n) is 4.87. The number of nitrogens with zero attached hydrogens (tertiary/aromatic N) is 1. The molecule has 1 fully saturated rings. The summed E-state index contributed by atoms with van der Waals surface area (Å²) in [5.74, 6) is -3.72. The highest BCUT2D eigenvalue weighted by Crippen LogP contribution is 2.31. The van der Waals surface area contributed by atoms with Crippen LogP contribution in [-0.2, 0) is 4.74 Å². The van der Waals surface area contributed by atoms with E-state index < -0.39 is 17.5 Å². The summed E-state index contributed by atoms with van der Waals surface area (Å²) in [6.45, 7) is 1.77. The molecule has 3 rings (SSSR count). The molecule has 0 aliphatic carbocycles. The van der Waals surface area contributed by atoms with Gasteiger partial charge in [0.1, 0.15) is 0 Å². The third kappa shape index (κ3) is 2.28. The van der Waals surface area contributed by atoms with Gasteiger partial charge in [-0.05, 0) is 24.1 Å². The standard InChI is InChI=1S/C14H14F3NO/c15-11-5-9(6-12(16)14(11)17)13-8-19-7-10-3-1-2-4-18(10)13/h1,3,5-6,10,13H,2,4,7-8H2/t10-,13-/m0/s1. The van der Waals surface area contributed by atoms with Gasteiger partial charge in [0.15, 0.2) is 17.5 Å². The molecule has 102 valence electrons. The molecule has 5 heteroatoms. The maximum absolute atomic E-state index is 13.3. The van der Waals surface area contributed by atoms with E-state index in [1.165, 1.54) is 0 Å². The van der Waals surface area contributed by atoms with Crippen molar-refractivity contribution in [3.63, 3.8) is 0 Å². The van der Waals surface area contributed by atoms with Crippen molar-refractivity contribution in [2.45, 2.75) is 18.5 Å². The van der Waals surface area contributed by atoms with Crippen LogP contribution in [0.3, 0.4) is 0 Å². The van der Waals surface area contributed by atoms with Crippen molar-refractivity contribution < 1.29 is 17.9 Å². The Morgan fingerprint density at radius 2 is 1.84 bits per heavy atom. The van der Waals surface area contributed by atoms with Crippen LogP contribution in [0.25, 0.3) is 0 Å². The molecule has 1 aromatic rings. The summed E-state index contributed by atoms with van der Waals surface area (Å²) < 4.78 is 45.2. The van der Waals surface area contributed by atoms with Crippen LogP contribution in [0.2, 0.25) is 0 Å². The molecule has 2 atom stereocenters. The molecule has 0 N–H and O–H groups in total. The lowest BCUT2D eigenvalue weighted by Gasteiger charge is -2.42. The summed E-state index contributed by atoms with van der Waals surface area (Å²) in [6.07, 6.45) is 5.03. The Labute approximate surface area is 109 Å². The zero-order valence-corrected chi connectivity index (χ0v) is 10.3. The molecule has 1 aromatic carbocycles. The van der Waals surface area contributed by atoms with Crippen molar-refractivity contribution >= 4 is 0 Å². The summed E-state index contributed by atoms with van der Waals surface area (Å²) in [5, 5.41) is 0. The fourth-order valence-corrected chi connectivity index (χ4v) is 2.74. The Balaban J connectivity index is 1.94. The topological polar surface area (TPSA) is 12.5 Å². The van der Waals surface area contributed by atoms with E-state index in [2.05, 4.69) is 11.0 Å². The van der Waals surface area contributed by atoms with E-state index in [9.17, 15) is 13.2 Å². The Bertz CT molecular complexity index is 494. The molecule has 2 aliphatic rings. The van der Waals surface area contributed by atoms with E-state index >= 15 is 0 Å². The van der Waals surface area contributed by atoms with Crippen molar-refractivity contribution in [1.82, 2.24) is 4.90 Å². The lowest BCUT2D eigenvalue weighted by atomic mass is 9.99. The number of hydrogen-bond acceptors (Lipinski definition) is 2.